The quantitative estimate of drug-likeness (QED) is 0.829. The standard InChI is InChI=1S/C15H19F3N2O4/c16-15(17,18)7-19-5-9(4-11(19)21)13(22)20-6-8-2-1-3-10(8)12(20)14(23)24/h8-10,12H,1-7H2,(H,23,24). The molecule has 0 aromatic carbocycles. The van der Waals surface area contributed by atoms with Crippen molar-refractivity contribution in [3.05, 3.63) is 0 Å². The normalized spacial score (nSPS) is 33.2. The minimum Gasteiger partial charge on any atom is -0.480 e. The summed E-state index contributed by atoms with van der Waals surface area (Å²) in [7, 11) is 0. The van der Waals surface area contributed by atoms with Gasteiger partial charge in [-0.1, -0.05) is 6.42 Å². The smallest absolute Gasteiger partial charge is 0.406 e. The lowest BCUT2D eigenvalue weighted by molar-refractivity contribution is -0.157. The Labute approximate surface area is 136 Å². The number of rotatable bonds is 3. The summed E-state index contributed by atoms with van der Waals surface area (Å²) in [6.45, 7) is -1.34. The fourth-order valence-corrected chi connectivity index (χ4v) is 4.39. The van der Waals surface area contributed by atoms with E-state index in [1.807, 2.05) is 0 Å². The third-order valence-electron chi connectivity index (χ3n) is 5.36. The Morgan fingerprint density at radius 2 is 1.92 bits per heavy atom. The van der Waals surface area contributed by atoms with Crippen molar-refractivity contribution >= 4 is 17.8 Å². The average Bonchev–Trinajstić information content (AvgIpc) is 3.10. The van der Waals surface area contributed by atoms with Crippen LogP contribution in [0, 0.1) is 17.8 Å². The van der Waals surface area contributed by atoms with Crippen molar-refractivity contribution in [2.75, 3.05) is 19.6 Å². The number of hydrogen-bond acceptors (Lipinski definition) is 3. The summed E-state index contributed by atoms with van der Waals surface area (Å²) in [4.78, 5) is 37.9. The third kappa shape index (κ3) is 3.08. The summed E-state index contributed by atoms with van der Waals surface area (Å²) >= 11 is 0. The average molecular weight is 348 g/mol. The zero-order valence-electron chi connectivity index (χ0n) is 13.0. The molecule has 4 atom stereocenters. The van der Waals surface area contributed by atoms with E-state index in [1.54, 1.807) is 0 Å². The molecule has 6 nitrogen and oxygen atoms in total. The lowest BCUT2D eigenvalue weighted by atomic mass is 9.94. The second kappa shape index (κ2) is 5.93. The number of nitrogens with zero attached hydrogens (tertiary/aromatic N) is 2. The topological polar surface area (TPSA) is 77.9 Å². The molecule has 2 heterocycles. The summed E-state index contributed by atoms with van der Waals surface area (Å²) in [5, 5.41) is 9.46. The molecular formula is C15H19F3N2O4. The monoisotopic (exact) mass is 348 g/mol. The lowest BCUT2D eigenvalue weighted by Crippen LogP contribution is -2.46. The fourth-order valence-electron chi connectivity index (χ4n) is 4.39. The molecule has 9 heteroatoms. The number of amides is 2. The largest absolute Gasteiger partial charge is 0.480 e. The first-order valence-corrected chi connectivity index (χ1v) is 8.05. The van der Waals surface area contributed by atoms with Crippen LogP contribution in [0.2, 0.25) is 0 Å². The predicted molar refractivity (Wildman–Crippen MR) is 74.7 cm³/mol. The SMILES string of the molecule is O=C(O)C1C2CCCC2CN1C(=O)C1CC(=O)N(CC(F)(F)F)C1. The zero-order chi connectivity index (χ0) is 17.6. The van der Waals surface area contributed by atoms with Crippen LogP contribution in [0.3, 0.4) is 0 Å². The van der Waals surface area contributed by atoms with Gasteiger partial charge in [0.25, 0.3) is 0 Å². The second-order valence-corrected chi connectivity index (χ2v) is 6.92. The number of carbonyl (C=O) groups excluding carboxylic acids is 2. The van der Waals surface area contributed by atoms with Crippen molar-refractivity contribution in [2.24, 2.45) is 17.8 Å². The zero-order valence-corrected chi connectivity index (χ0v) is 13.0. The molecule has 1 N–H and O–H groups in total. The number of carbonyl (C=O) groups is 3. The number of likely N-dealkylation sites (tertiary alicyclic amines) is 2. The van der Waals surface area contributed by atoms with E-state index < -0.39 is 42.5 Å². The minimum absolute atomic E-state index is 0.0881. The van der Waals surface area contributed by atoms with Gasteiger partial charge in [-0.3, -0.25) is 9.59 Å². The molecule has 3 rings (SSSR count). The van der Waals surface area contributed by atoms with Crippen molar-refractivity contribution in [3.8, 4) is 0 Å². The highest BCUT2D eigenvalue weighted by molar-refractivity contribution is 5.92. The first-order chi connectivity index (χ1) is 11.2. The highest BCUT2D eigenvalue weighted by atomic mass is 19.4. The van der Waals surface area contributed by atoms with Gasteiger partial charge in [-0.05, 0) is 24.7 Å². The van der Waals surface area contributed by atoms with E-state index in [-0.39, 0.29) is 24.8 Å². The van der Waals surface area contributed by atoms with Crippen molar-refractivity contribution in [1.29, 1.82) is 0 Å². The van der Waals surface area contributed by atoms with Gasteiger partial charge in [0.2, 0.25) is 11.8 Å². The maximum atomic E-state index is 12.7. The van der Waals surface area contributed by atoms with E-state index >= 15 is 0 Å². The molecule has 134 valence electrons. The number of alkyl halides is 3. The fraction of sp³-hybridized carbons (Fsp3) is 0.800. The molecule has 1 saturated carbocycles. The van der Waals surface area contributed by atoms with Crippen molar-refractivity contribution in [3.63, 3.8) is 0 Å². The van der Waals surface area contributed by atoms with Gasteiger partial charge in [0.1, 0.15) is 12.6 Å². The molecule has 2 amide bonds. The number of hydrogen-bond donors (Lipinski definition) is 1. The van der Waals surface area contributed by atoms with E-state index in [2.05, 4.69) is 0 Å². The van der Waals surface area contributed by atoms with Crippen LogP contribution < -0.4 is 0 Å². The van der Waals surface area contributed by atoms with Gasteiger partial charge in [0.05, 0.1) is 5.92 Å². The molecule has 0 aromatic rings. The summed E-state index contributed by atoms with van der Waals surface area (Å²) in [5.74, 6) is -3.13. The van der Waals surface area contributed by atoms with Crippen LogP contribution in [0.25, 0.3) is 0 Å². The van der Waals surface area contributed by atoms with Crippen molar-refractivity contribution in [2.45, 2.75) is 37.9 Å². The summed E-state index contributed by atoms with van der Waals surface area (Å²) < 4.78 is 37.4. The van der Waals surface area contributed by atoms with Gasteiger partial charge in [0, 0.05) is 19.5 Å². The molecule has 2 aliphatic heterocycles. The molecule has 0 radical (unpaired) electrons. The first-order valence-electron chi connectivity index (χ1n) is 8.05. The molecular weight excluding hydrogens is 329 g/mol. The third-order valence-corrected chi connectivity index (χ3v) is 5.36. The van der Waals surface area contributed by atoms with Crippen LogP contribution >= 0.6 is 0 Å². The Balaban J connectivity index is 1.70. The molecule has 4 unspecified atom stereocenters. The number of aliphatic carboxylic acids is 1. The van der Waals surface area contributed by atoms with Gasteiger partial charge in [-0.25, -0.2) is 4.79 Å². The summed E-state index contributed by atoms with van der Waals surface area (Å²) in [6, 6.07) is -0.920. The molecule has 0 bridgehead atoms. The Kier molecular flexibility index (Phi) is 4.21. The lowest BCUT2D eigenvalue weighted by Gasteiger charge is -2.27. The maximum absolute atomic E-state index is 12.7. The van der Waals surface area contributed by atoms with Crippen LogP contribution in [0.1, 0.15) is 25.7 Å². The Morgan fingerprint density at radius 1 is 1.21 bits per heavy atom. The van der Waals surface area contributed by atoms with Gasteiger partial charge in [0.15, 0.2) is 0 Å². The number of fused-ring (bicyclic) bond motifs is 1. The van der Waals surface area contributed by atoms with Crippen LogP contribution in [-0.2, 0) is 14.4 Å². The van der Waals surface area contributed by atoms with E-state index in [4.69, 9.17) is 0 Å². The van der Waals surface area contributed by atoms with Gasteiger partial charge >= 0.3 is 12.1 Å². The van der Waals surface area contributed by atoms with Crippen LogP contribution in [0.4, 0.5) is 13.2 Å². The van der Waals surface area contributed by atoms with Crippen molar-refractivity contribution < 1.29 is 32.7 Å². The highest BCUT2D eigenvalue weighted by Crippen LogP contribution is 2.43. The molecule has 2 saturated heterocycles. The van der Waals surface area contributed by atoms with E-state index in [0.29, 0.717) is 11.4 Å². The molecule has 1 aliphatic carbocycles. The van der Waals surface area contributed by atoms with Crippen LogP contribution in [-0.4, -0.2) is 64.5 Å². The van der Waals surface area contributed by atoms with E-state index in [0.717, 1.165) is 19.3 Å². The highest BCUT2D eigenvalue weighted by Gasteiger charge is 2.52. The predicted octanol–water partition coefficient (Wildman–Crippen LogP) is 1.11. The summed E-state index contributed by atoms with van der Waals surface area (Å²) in [6.07, 6.45) is -2.26. The van der Waals surface area contributed by atoms with Gasteiger partial charge in [-0.2, -0.15) is 13.2 Å². The molecule has 0 spiro atoms. The Hall–Kier alpha value is -1.80. The molecule has 3 aliphatic rings. The minimum atomic E-state index is -4.51. The summed E-state index contributed by atoms with van der Waals surface area (Å²) in [5.41, 5.74) is 0. The Bertz CT molecular complexity index is 565. The molecule has 3 fully saturated rings. The van der Waals surface area contributed by atoms with Crippen molar-refractivity contribution in [1.82, 2.24) is 9.80 Å². The molecule has 0 aromatic heterocycles. The van der Waals surface area contributed by atoms with Crippen LogP contribution in [0.5, 0.6) is 0 Å². The number of carboxylic acid groups (broad SMARTS) is 1. The second-order valence-electron chi connectivity index (χ2n) is 6.92. The van der Waals surface area contributed by atoms with Gasteiger partial charge < -0.3 is 14.9 Å². The van der Waals surface area contributed by atoms with E-state index in [9.17, 15) is 32.7 Å². The first kappa shape index (κ1) is 17.0. The number of carboxylic acids is 1. The maximum Gasteiger partial charge on any atom is 0.406 e. The van der Waals surface area contributed by atoms with Gasteiger partial charge in [-0.15, -0.1) is 0 Å². The Morgan fingerprint density at radius 3 is 2.54 bits per heavy atom. The number of halogens is 3. The van der Waals surface area contributed by atoms with E-state index in [1.165, 1.54) is 4.90 Å². The van der Waals surface area contributed by atoms with Crippen LogP contribution in [0.15, 0.2) is 0 Å². The molecule has 24 heavy (non-hydrogen) atoms.